The monoisotopic (exact) mass is 878 g/mol. The van der Waals surface area contributed by atoms with Crippen molar-refractivity contribution in [2.24, 2.45) is 7.05 Å². The number of fused-ring (bicyclic) bond motifs is 2. The fourth-order valence-electron chi connectivity index (χ4n) is 9.06. The molecular formula is C47H54N14O4. The van der Waals surface area contributed by atoms with E-state index in [0.717, 1.165) is 59.7 Å². The van der Waals surface area contributed by atoms with Crippen molar-refractivity contribution in [3.05, 3.63) is 102 Å². The Hall–Kier alpha value is -7.18. The highest BCUT2D eigenvalue weighted by Crippen LogP contribution is 2.33. The summed E-state index contributed by atoms with van der Waals surface area (Å²) in [6.45, 7) is 13.9. The van der Waals surface area contributed by atoms with Crippen molar-refractivity contribution in [2.75, 3.05) is 60.3 Å². The number of piperazine rings is 2. The first-order valence-electron chi connectivity index (χ1n) is 22.0. The minimum atomic E-state index is -0.365. The number of methoxy groups -OCH3 is 1. The predicted octanol–water partition coefficient (Wildman–Crippen LogP) is 5.31. The van der Waals surface area contributed by atoms with Crippen LogP contribution >= 0.6 is 0 Å². The van der Waals surface area contributed by atoms with Crippen LogP contribution < -0.4 is 40.5 Å². The standard InChI is InChI=1S/C47H54N14O4/c1-27-19-40(58(6)56-27)52-44(62)35-14-16-39(60-25-30(4)51-31(5)26-60)37-22-49-47(55-43(35)37)65-18-17-32-20-41(61(57-32)33-11-9-8-10-12-33)53-45(63)34-13-15-38(59-23-28(2)50-29(3)24-59)36-21-48-46(64-7)54-42(34)36/h8-16,19-22,28-31,50-51H,17-18,23-26H2,1-7H3,(H,52,62)(H,53,63)/t28-,29+,30-,31+. The van der Waals surface area contributed by atoms with E-state index in [1.165, 1.54) is 7.11 Å². The van der Waals surface area contributed by atoms with Crippen molar-refractivity contribution in [3.63, 3.8) is 0 Å². The molecule has 2 aliphatic heterocycles. The molecule has 2 aliphatic rings. The minimum Gasteiger partial charge on any atom is -0.467 e. The number of benzene rings is 3. The van der Waals surface area contributed by atoms with Crippen LogP contribution in [0.15, 0.2) is 79.1 Å². The maximum atomic E-state index is 14.3. The van der Waals surface area contributed by atoms with Crippen molar-refractivity contribution in [3.8, 4) is 17.7 Å². The molecule has 0 bridgehead atoms. The second kappa shape index (κ2) is 18.1. The SMILES string of the molecule is COc1ncc2c(N3C[C@@H](C)N[C@@H](C)C3)ccc(C(=O)Nc3cc(CCOc4ncc5c(N6C[C@@H](C)N[C@@H](C)C6)ccc(C(=O)Nc6cc(C)nn6C)c5n4)nn3-c3ccccc3)c2n1. The van der Waals surface area contributed by atoms with Gasteiger partial charge in [-0.15, -0.1) is 0 Å². The molecule has 0 spiro atoms. The van der Waals surface area contributed by atoms with Gasteiger partial charge in [0.05, 0.1) is 53.0 Å². The van der Waals surface area contributed by atoms with E-state index >= 15 is 0 Å². The summed E-state index contributed by atoms with van der Waals surface area (Å²) in [6, 6.07) is 22.2. The average molecular weight is 879 g/mol. The Kier molecular flexibility index (Phi) is 12.0. The van der Waals surface area contributed by atoms with E-state index in [0.29, 0.717) is 45.9 Å². The van der Waals surface area contributed by atoms with Crippen LogP contribution in [0.2, 0.25) is 0 Å². The fourth-order valence-corrected chi connectivity index (χ4v) is 9.06. The number of amides is 2. The highest BCUT2D eigenvalue weighted by Gasteiger charge is 2.27. The highest BCUT2D eigenvalue weighted by molar-refractivity contribution is 6.14. The number of hydrogen-bond donors (Lipinski definition) is 4. The maximum Gasteiger partial charge on any atom is 0.316 e. The van der Waals surface area contributed by atoms with E-state index < -0.39 is 0 Å². The van der Waals surface area contributed by atoms with Gasteiger partial charge in [-0.2, -0.15) is 20.2 Å². The van der Waals surface area contributed by atoms with Crippen LogP contribution in [0.25, 0.3) is 27.5 Å². The molecule has 4 aromatic heterocycles. The van der Waals surface area contributed by atoms with E-state index in [1.807, 2.05) is 67.6 Å². The Morgan fingerprint density at radius 1 is 0.708 bits per heavy atom. The molecule has 336 valence electrons. The molecule has 3 aromatic carbocycles. The summed E-state index contributed by atoms with van der Waals surface area (Å²) in [7, 11) is 3.29. The number of nitrogens with zero attached hydrogens (tertiary/aromatic N) is 10. The minimum absolute atomic E-state index is 0.121. The summed E-state index contributed by atoms with van der Waals surface area (Å²) in [4.78, 5) is 51.4. The number of carbonyl (C=O) groups excluding carboxylic acids is 2. The van der Waals surface area contributed by atoms with Crippen LogP contribution in [0.1, 0.15) is 59.8 Å². The van der Waals surface area contributed by atoms with E-state index in [-0.39, 0.29) is 54.6 Å². The van der Waals surface area contributed by atoms with Gasteiger partial charge in [0.15, 0.2) is 0 Å². The smallest absolute Gasteiger partial charge is 0.316 e. The van der Waals surface area contributed by atoms with Crippen LogP contribution in [0.4, 0.5) is 23.0 Å². The highest BCUT2D eigenvalue weighted by atomic mass is 16.5. The molecule has 2 saturated heterocycles. The van der Waals surface area contributed by atoms with Gasteiger partial charge in [0, 0.05) is 110 Å². The van der Waals surface area contributed by atoms with E-state index in [1.54, 1.807) is 34.9 Å². The van der Waals surface area contributed by atoms with E-state index in [9.17, 15) is 9.59 Å². The third-order valence-corrected chi connectivity index (χ3v) is 11.7. The fraction of sp³-hybridized carbons (Fsp3) is 0.362. The molecule has 7 aromatic rings. The molecule has 2 fully saturated rings. The molecule has 6 heterocycles. The van der Waals surface area contributed by atoms with Crippen molar-refractivity contribution in [2.45, 2.75) is 65.2 Å². The first-order chi connectivity index (χ1) is 31.4. The van der Waals surface area contributed by atoms with E-state index in [4.69, 9.17) is 19.6 Å². The van der Waals surface area contributed by atoms with Crippen molar-refractivity contribution in [1.29, 1.82) is 0 Å². The number of carbonyl (C=O) groups is 2. The lowest BCUT2D eigenvalue weighted by Gasteiger charge is -2.38. The van der Waals surface area contributed by atoms with Crippen molar-refractivity contribution < 1.29 is 19.1 Å². The molecule has 0 aliphatic carbocycles. The van der Waals surface area contributed by atoms with Gasteiger partial charge >= 0.3 is 12.0 Å². The lowest BCUT2D eigenvalue weighted by Crippen LogP contribution is -2.54. The Morgan fingerprint density at radius 3 is 1.78 bits per heavy atom. The van der Waals surface area contributed by atoms with Crippen LogP contribution in [0.3, 0.4) is 0 Å². The molecule has 0 unspecified atom stereocenters. The molecule has 9 rings (SSSR count). The van der Waals surface area contributed by atoms with Gasteiger partial charge in [-0.05, 0) is 71.0 Å². The number of nitrogens with one attached hydrogen (secondary N) is 4. The summed E-state index contributed by atoms with van der Waals surface area (Å²) >= 11 is 0. The Balaban J connectivity index is 0.983. The third kappa shape index (κ3) is 9.12. The number of anilines is 4. The van der Waals surface area contributed by atoms with Gasteiger partial charge in [0.1, 0.15) is 11.6 Å². The third-order valence-electron chi connectivity index (χ3n) is 11.7. The van der Waals surface area contributed by atoms with Gasteiger partial charge in [0.2, 0.25) is 0 Å². The second-order valence-electron chi connectivity index (χ2n) is 17.1. The summed E-state index contributed by atoms with van der Waals surface area (Å²) in [5.74, 6) is 0.346. The van der Waals surface area contributed by atoms with E-state index in [2.05, 4.69) is 78.8 Å². The van der Waals surface area contributed by atoms with Crippen molar-refractivity contribution >= 4 is 56.6 Å². The van der Waals surface area contributed by atoms with Crippen LogP contribution in [0.5, 0.6) is 12.0 Å². The van der Waals surface area contributed by atoms with Gasteiger partial charge < -0.3 is 40.5 Å². The topological polar surface area (TPSA) is 194 Å². The largest absolute Gasteiger partial charge is 0.467 e. The average Bonchev–Trinajstić information content (AvgIpc) is 3.84. The number of hydrogen-bond acceptors (Lipinski definition) is 14. The summed E-state index contributed by atoms with van der Waals surface area (Å²) in [6.07, 6.45) is 3.81. The molecule has 18 nitrogen and oxygen atoms in total. The first kappa shape index (κ1) is 43.1. The zero-order valence-electron chi connectivity index (χ0n) is 37.7. The Bertz CT molecular complexity index is 2860. The normalized spacial score (nSPS) is 18.8. The molecule has 18 heteroatoms. The van der Waals surface area contributed by atoms with Gasteiger partial charge in [-0.25, -0.2) is 14.6 Å². The molecule has 4 atom stereocenters. The molecule has 0 saturated carbocycles. The number of ether oxygens (including phenoxy) is 2. The summed E-state index contributed by atoms with van der Waals surface area (Å²) in [5.41, 5.74) is 5.81. The number of aryl methyl sites for hydroxylation is 2. The second-order valence-corrected chi connectivity index (χ2v) is 17.1. The molecule has 4 N–H and O–H groups in total. The van der Waals surface area contributed by atoms with Crippen molar-refractivity contribution in [1.82, 2.24) is 50.1 Å². The van der Waals surface area contributed by atoms with Gasteiger partial charge in [-0.3, -0.25) is 14.3 Å². The lowest BCUT2D eigenvalue weighted by molar-refractivity contribution is 0.101. The quantitative estimate of drug-likeness (QED) is 0.123. The summed E-state index contributed by atoms with van der Waals surface area (Å²) < 4.78 is 14.9. The number of aromatic nitrogens is 8. The number of para-hydroxylation sites is 1. The van der Waals surface area contributed by atoms with Crippen LogP contribution in [-0.4, -0.2) is 115 Å². The molecule has 2 amide bonds. The summed E-state index contributed by atoms with van der Waals surface area (Å²) in [5, 5.41) is 24.1. The zero-order chi connectivity index (χ0) is 45.4. The Labute approximate surface area is 376 Å². The number of rotatable bonds is 12. The Morgan fingerprint density at radius 2 is 1.25 bits per heavy atom. The first-order valence-corrected chi connectivity index (χ1v) is 22.0. The zero-order valence-corrected chi connectivity index (χ0v) is 37.7. The van der Waals surface area contributed by atoms with Crippen LogP contribution in [0, 0.1) is 6.92 Å². The lowest BCUT2D eigenvalue weighted by atomic mass is 10.0. The maximum absolute atomic E-state index is 14.3. The van der Waals surface area contributed by atoms with Gasteiger partial charge in [0.25, 0.3) is 11.8 Å². The molecule has 65 heavy (non-hydrogen) atoms. The molecular weight excluding hydrogens is 825 g/mol. The van der Waals surface area contributed by atoms with Gasteiger partial charge in [-0.1, -0.05) is 18.2 Å². The molecule has 0 radical (unpaired) electrons. The van der Waals surface area contributed by atoms with Crippen LogP contribution in [-0.2, 0) is 13.5 Å². The predicted molar refractivity (Wildman–Crippen MR) is 251 cm³/mol.